The molecule has 138 valence electrons. The Balaban J connectivity index is 1.88. The maximum Gasteiger partial charge on any atom is 0.330 e. The molecule has 26 heavy (non-hydrogen) atoms. The van der Waals surface area contributed by atoms with Gasteiger partial charge in [0.15, 0.2) is 0 Å². The molecule has 0 radical (unpaired) electrons. The Hall–Kier alpha value is -2.82. The number of non-ortho nitro benzene ring substituents is 1. The molecule has 0 aliphatic carbocycles. The first-order valence-corrected chi connectivity index (χ1v) is 7.91. The van der Waals surface area contributed by atoms with Crippen LogP contribution in [0.1, 0.15) is 23.8 Å². The molecule has 2 aromatic rings. The lowest BCUT2D eigenvalue weighted by Gasteiger charge is -2.15. The molecule has 3 rings (SSSR count). The van der Waals surface area contributed by atoms with Crippen molar-refractivity contribution in [2.75, 3.05) is 6.61 Å². The van der Waals surface area contributed by atoms with E-state index >= 15 is 0 Å². The van der Waals surface area contributed by atoms with Gasteiger partial charge in [0.25, 0.3) is 11.2 Å². The van der Waals surface area contributed by atoms with E-state index in [9.17, 15) is 24.8 Å². The Morgan fingerprint density at radius 1 is 1.31 bits per heavy atom. The first kappa shape index (κ1) is 18.0. The Kier molecular flexibility index (Phi) is 4.98. The van der Waals surface area contributed by atoms with E-state index in [1.54, 1.807) is 0 Å². The van der Waals surface area contributed by atoms with Crippen LogP contribution in [-0.4, -0.2) is 43.5 Å². The van der Waals surface area contributed by atoms with Gasteiger partial charge in [-0.05, 0) is 5.56 Å². The van der Waals surface area contributed by atoms with Gasteiger partial charge in [-0.1, -0.05) is 12.1 Å². The number of aliphatic hydroxyl groups is 2. The lowest BCUT2D eigenvalue weighted by molar-refractivity contribution is -0.384. The minimum absolute atomic E-state index is 0.0592. The second-order valence-electron chi connectivity index (χ2n) is 6.04. The number of aliphatic hydroxyl groups excluding tert-OH is 2. The molecule has 3 N–H and O–H groups in total. The van der Waals surface area contributed by atoms with Crippen LogP contribution in [0, 0.1) is 10.1 Å². The number of nitro groups is 1. The number of aromatic amines is 1. The minimum Gasteiger partial charge on any atom is -0.394 e. The zero-order chi connectivity index (χ0) is 18.8. The Morgan fingerprint density at radius 2 is 2.00 bits per heavy atom. The third-order valence-electron chi connectivity index (χ3n) is 4.28. The van der Waals surface area contributed by atoms with Crippen LogP contribution in [0.15, 0.2) is 40.1 Å². The molecule has 1 aliphatic rings. The summed E-state index contributed by atoms with van der Waals surface area (Å²) >= 11 is 0. The van der Waals surface area contributed by atoms with E-state index in [-0.39, 0.29) is 30.7 Å². The van der Waals surface area contributed by atoms with Crippen LogP contribution < -0.4 is 11.2 Å². The van der Waals surface area contributed by atoms with Gasteiger partial charge in [0.05, 0.1) is 17.6 Å². The number of ether oxygens (including phenoxy) is 1. The summed E-state index contributed by atoms with van der Waals surface area (Å²) in [6, 6.07) is 5.74. The maximum atomic E-state index is 12.1. The molecule has 2 heterocycles. The topological polar surface area (TPSA) is 148 Å². The highest BCUT2D eigenvalue weighted by Crippen LogP contribution is 2.27. The first-order valence-electron chi connectivity index (χ1n) is 7.91. The molecule has 0 bridgehead atoms. The van der Waals surface area contributed by atoms with Gasteiger partial charge in [-0.3, -0.25) is 24.5 Å². The summed E-state index contributed by atoms with van der Waals surface area (Å²) < 4.78 is 6.61. The highest BCUT2D eigenvalue weighted by atomic mass is 16.6. The lowest BCUT2D eigenvalue weighted by Crippen LogP contribution is -2.34. The molecule has 1 fully saturated rings. The molecule has 0 spiro atoms. The third kappa shape index (κ3) is 3.57. The van der Waals surface area contributed by atoms with Gasteiger partial charge < -0.3 is 14.9 Å². The van der Waals surface area contributed by atoms with E-state index < -0.39 is 34.6 Å². The standard InChI is InChI=1S/C16H17N3O7/c20-8-13-12(21)6-14(26-13)18-7-10(15(22)17-16(18)23)5-9-1-3-11(4-2-9)19(24)25/h1-4,7,12-14,20-21H,5-6,8H2,(H,17,22,23). The normalized spacial score (nSPS) is 22.5. The molecule has 1 aromatic heterocycles. The van der Waals surface area contributed by atoms with Crippen LogP contribution in [0.5, 0.6) is 0 Å². The SMILES string of the molecule is O=c1[nH]c(=O)n(C2CC(O)C(CO)O2)cc1Cc1ccc([N+](=O)[O-])cc1. The van der Waals surface area contributed by atoms with Gasteiger partial charge >= 0.3 is 5.69 Å². The van der Waals surface area contributed by atoms with Crippen molar-refractivity contribution in [1.29, 1.82) is 0 Å². The van der Waals surface area contributed by atoms with E-state index in [0.717, 1.165) is 0 Å². The highest BCUT2D eigenvalue weighted by molar-refractivity contribution is 5.34. The fourth-order valence-electron chi connectivity index (χ4n) is 2.87. The summed E-state index contributed by atoms with van der Waals surface area (Å²) in [6.07, 6.45) is -0.902. The molecule has 0 saturated carbocycles. The van der Waals surface area contributed by atoms with Gasteiger partial charge in [0, 0.05) is 36.7 Å². The zero-order valence-corrected chi connectivity index (χ0v) is 13.6. The van der Waals surface area contributed by atoms with Gasteiger partial charge in [0.2, 0.25) is 0 Å². The quantitative estimate of drug-likeness (QED) is 0.487. The van der Waals surface area contributed by atoms with Gasteiger partial charge in [-0.2, -0.15) is 0 Å². The average Bonchev–Trinajstić information content (AvgIpc) is 2.98. The van der Waals surface area contributed by atoms with Crippen LogP contribution in [0.3, 0.4) is 0 Å². The van der Waals surface area contributed by atoms with Crippen molar-refractivity contribution >= 4 is 5.69 Å². The molecule has 10 nitrogen and oxygen atoms in total. The van der Waals surface area contributed by atoms with Gasteiger partial charge in [-0.15, -0.1) is 0 Å². The van der Waals surface area contributed by atoms with E-state index in [1.165, 1.54) is 35.0 Å². The summed E-state index contributed by atoms with van der Waals surface area (Å²) in [5.41, 5.74) is -0.382. The predicted molar refractivity (Wildman–Crippen MR) is 88.8 cm³/mol. The number of rotatable bonds is 5. The van der Waals surface area contributed by atoms with E-state index in [1.807, 2.05) is 0 Å². The van der Waals surface area contributed by atoms with Gasteiger partial charge in [0.1, 0.15) is 12.3 Å². The van der Waals surface area contributed by atoms with Gasteiger partial charge in [-0.25, -0.2) is 4.79 Å². The average molecular weight is 363 g/mol. The lowest BCUT2D eigenvalue weighted by atomic mass is 10.1. The van der Waals surface area contributed by atoms with Crippen molar-refractivity contribution in [3.8, 4) is 0 Å². The number of H-pyrrole nitrogens is 1. The van der Waals surface area contributed by atoms with Crippen LogP contribution in [0.4, 0.5) is 5.69 Å². The number of nitrogens with zero attached hydrogens (tertiary/aromatic N) is 2. The molecule has 3 unspecified atom stereocenters. The van der Waals surface area contributed by atoms with Crippen molar-refractivity contribution in [1.82, 2.24) is 9.55 Å². The molecular weight excluding hydrogens is 346 g/mol. The van der Waals surface area contributed by atoms with Crippen molar-refractivity contribution < 1.29 is 19.9 Å². The number of aromatic nitrogens is 2. The van der Waals surface area contributed by atoms with Crippen molar-refractivity contribution in [2.45, 2.75) is 31.3 Å². The maximum absolute atomic E-state index is 12.1. The van der Waals surface area contributed by atoms with Crippen molar-refractivity contribution in [3.63, 3.8) is 0 Å². The molecule has 3 atom stereocenters. The highest BCUT2D eigenvalue weighted by Gasteiger charge is 2.35. The Morgan fingerprint density at radius 3 is 2.58 bits per heavy atom. The van der Waals surface area contributed by atoms with Crippen molar-refractivity contribution in [3.05, 3.63) is 72.5 Å². The fourth-order valence-corrected chi connectivity index (χ4v) is 2.87. The largest absolute Gasteiger partial charge is 0.394 e. The molecule has 10 heteroatoms. The summed E-state index contributed by atoms with van der Waals surface area (Å²) in [7, 11) is 0. The first-order chi connectivity index (χ1) is 12.4. The summed E-state index contributed by atoms with van der Waals surface area (Å²) in [4.78, 5) is 36.5. The summed E-state index contributed by atoms with van der Waals surface area (Å²) in [5, 5.41) is 29.7. The number of hydrogen-bond acceptors (Lipinski definition) is 7. The van der Waals surface area contributed by atoms with Crippen LogP contribution in [0.25, 0.3) is 0 Å². The predicted octanol–water partition coefficient (Wildman–Crippen LogP) is -0.324. The molecule has 0 amide bonds. The Bertz CT molecular complexity index is 919. The van der Waals surface area contributed by atoms with Crippen LogP contribution >= 0.6 is 0 Å². The Labute approximate surface area is 146 Å². The van der Waals surface area contributed by atoms with Crippen molar-refractivity contribution in [2.24, 2.45) is 0 Å². The third-order valence-corrected chi connectivity index (χ3v) is 4.28. The number of nitrogens with one attached hydrogen (secondary N) is 1. The summed E-state index contributed by atoms with van der Waals surface area (Å²) in [6.45, 7) is -0.384. The summed E-state index contributed by atoms with van der Waals surface area (Å²) in [5.74, 6) is 0. The van der Waals surface area contributed by atoms with E-state index in [0.29, 0.717) is 5.56 Å². The van der Waals surface area contributed by atoms with E-state index in [4.69, 9.17) is 9.84 Å². The second-order valence-corrected chi connectivity index (χ2v) is 6.04. The fraction of sp³-hybridized carbons (Fsp3) is 0.375. The minimum atomic E-state index is -0.915. The smallest absolute Gasteiger partial charge is 0.330 e. The van der Waals surface area contributed by atoms with Crippen LogP contribution in [-0.2, 0) is 11.2 Å². The number of nitro benzene ring substituents is 1. The molecule has 1 aromatic carbocycles. The second kappa shape index (κ2) is 7.20. The molecular formula is C16H17N3O7. The molecule has 1 aliphatic heterocycles. The number of benzene rings is 1. The van der Waals surface area contributed by atoms with Crippen LogP contribution in [0.2, 0.25) is 0 Å². The monoisotopic (exact) mass is 363 g/mol. The zero-order valence-electron chi connectivity index (χ0n) is 13.6. The number of hydrogen-bond donors (Lipinski definition) is 3. The molecule has 1 saturated heterocycles. The van der Waals surface area contributed by atoms with E-state index in [2.05, 4.69) is 4.98 Å².